The highest BCUT2D eigenvalue weighted by atomic mass is 16.7. The Labute approximate surface area is 239 Å². The van der Waals surface area contributed by atoms with Gasteiger partial charge >= 0.3 is 6.09 Å². The van der Waals surface area contributed by atoms with Crippen LogP contribution in [0.5, 0.6) is 0 Å². The number of carbonyl (C=O) groups is 1. The maximum absolute atomic E-state index is 11.9. The lowest BCUT2D eigenvalue weighted by atomic mass is 9.83. The molecule has 0 bridgehead atoms. The van der Waals surface area contributed by atoms with Crippen molar-refractivity contribution in [1.29, 1.82) is 0 Å². The zero-order chi connectivity index (χ0) is 27.8. The third-order valence-corrected chi connectivity index (χ3v) is 9.17. The average molecular weight is 562 g/mol. The summed E-state index contributed by atoms with van der Waals surface area (Å²) in [6.07, 6.45) is 5.56. The summed E-state index contributed by atoms with van der Waals surface area (Å²) in [5, 5.41) is 2.76. The Morgan fingerprint density at radius 2 is 1.76 bits per heavy atom. The van der Waals surface area contributed by atoms with Gasteiger partial charge in [-0.1, -0.05) is 50.1 Å². The van der Waals surface area contributed by atoms with Crippen LogP contribution in [0.3, 0.4) is 0 Å². The van der Waals surface area contributed by atoms with Gasteiger partial charge in [0.05, 0.1) is 24.9 Å². The quantitative estimate of drug-likeness (QED) is 0.453. The van der Waals surface area contributed by atoms with Crippen molar-refractivity contribution in [3.63, 3.8) is 0 Å². The van der Waals surface area contributed by atoms with Crippen molar-refractivity contribution < 1.29 is 19.1 Å². The highest BCUT2D eigenvalue weighted by molar-refractivity contribution is 5.79. The Morgan fingerprint density at radius 3 is 2.51 bits per heavy atom. The van der Waals surface area contributed by atoms with Gasteiger partial charge in [0.25, 0.3) is 0 Å². The Morgan fingerprint density at radius 1 is 0.951 bits per heavy atom. The number of ether oxygens (including phenoxy) is 2. The zero-order valence-electron chi connectivity index (χ0n) is 23.6. The van der Waals surface area contributed by atoms with Crippen LogP contribution in [0.4, 0.5) is 10.7 Å². The standard InChI is InChI=1S/C30H39N7O4/c1-19-7-9-20(10-8-19)17-37-25-24(22-11-14-39-15-12-22)31-27(28-34-30(38)41-35-28)32-26(25)33-29(37)36-13-16-40-18-23(36)21-5-3-2-4-6-21/h2-6,19-20,22-23,28,35H,7-18H2,1H3,(H,34,38)/t19?,20?,23-,28?/m0/s1. The second-order valence-electron chi connectivity index (χ2n) is 12.0. The predicted molar refractivity (Wildman–Crippen MR) is 152 cm³/mol. The normalized spacial score (nSPS) is 27.6. The summed E-state index contributed by atoms with van der Waals surface area (Å²) in [7, 11) is 0. The molecule has 4 fully saturated rings. The fourth-order valence-corrected chi connectivity index (χ4v) is 6.82. The van der Waals surface area contributed by atoms with Gasteiger partial charge in [-0.25, -0.2) is 14.8 Å². The molecule has 1 aliphatic carbocycles. The summed E-state index contributed by atoms with van der Waals surface area (Å²) in [6, 6.07) is 10.6. The Balaban J connectivity index is 1.38. The van der Waals surface area contributed by atoms with Crippen LogP contribution in [0, 0.1) is 11.8 Å². The number of carbonyl (C=O) groups excluding carboxylic acids is 1. The van der Waals surface area contributed by atoms with Crippen molar-refractivity contribution in [3.05, 3.63) is 47.4 Å². The number of hydroxylamine groups is 1. The molecular weight excluding hydrogens is 522 g/mol. The summed E-state index contributed by atoms with van der Waals surface area (Å²) in [5.74, 6) is 2.97. The number of imidazole rings is 1. The molecular formula is C30H39N7O4. The number of nitrogens with one attached hydrogen (secondary N) is 2. The third-order valence-electron chi connectivity index (χ3n) is 9.17. The third kappa shape index (κ3) is 5.38. The number of fused-ring (bicyclic) bond motifs is 1. The van der Waals surface area contributed by atoms with Crippen LogP contribution < -0.4 is 15.7 Å². The fraction of sp³-hybridized carbons (Fsp3) is 0.600. The number of hydrogen-bond acceptors (Lipinski definition) is 9. The van der Waals surface area contributed by atoms with Crippen LogP contribution in [0.25, 0.3) is 11.2 Å². The first kappa shape index (κ1) is 26.6. The molecule has 1 amide bonds. The Hall–Kier alpha value is -3.28. The van der Waals surface area contributed by atoms with Crippen molar-refractivity contribution in [2.75, 3.05) is 37.9 Å². The summed E-state index contributed by atoms with van der Waals surface area (Å²) in [4.78, 5) is 34.5. The first-order valence-corrected chi connectivity index (χ1v) is 15.1. The number of nitrogens with zero attached hydrogens (tertiary/aromatic N) is 5. The topological polar surface area (TPSA) is 116 Å². The van der Waals surface area contributed by atoms with Crippen LogP contribution in [-0.2, 0) is 20.9 Å². The van der Waals surface area contributed by atoms with E-state index in [1.165, 1.54) is 31.2 Å². The molecule has 1 aromatic carbocycles. The molecule has 1 saturated carbocycles. The van der Waals surface area contributed by atoms with Gasteiger partial charge in [0.15, 0.2) is 17.6 Å². The lowest BCUT2D eigenvalue weighted by Crippen LogP contribution is -2.41. The highest BCUT2D eigenvalue weighted by Crippen LogP contribution is 2.39. The first-order chi connectivity index (χ1) is 20.1. The summed E-state index contributed by atoms with van der Waals surface area (Å²) in [6.45, 7) is 6.65. The number of benzene rings is 1. The van der Waals surface area contributed by atoms with Crippen LogP contribution in [0.15, 0.2) is 30.3 Å². The maximum atomic E-state index is 11.9. The summed E-state index contributed by atoms with van der Waals surface area (Å²) in [5.41, 5.74) is 6.61. The number of hydrogen-bond donors (Lipinski definition) is 2. The number of anilines is 1. The largest absolute Gasteiger partial charge is 0.427 e. The van der Waals surface area contributed by atoms with Crippen LogP contribution >= 0.6 is 0 Å². The molecule has 11 heteroatoms. The van der Waals surface area contributed by atoms with E-state index in [2.05, 4.69) is 51.5 Å². The SMILES string of the molecule is CC1CCC(Cn2c(N3CCOC[C@H]3c3ccccc3)nc3nc(C4NOC(=O)N4)nc(C4CCOCC4)c32)CC1. The summed E-state index contributed by atoms with van der Waals surface area (Å²) < 4.78 is 14.1. The van der Waals surface area contributed by atoms with Crippen molar-refractivity contribution in [2.24, 2.45) is 11.8 Å². The second kappa shape index (κ2) is 11.5. The lowest BCUT2D eigenvalue weighted by Gasteiger charge is -2.37. The molecule has 41 heavy (non-hydrogen) atoms. The molecule has 3 saturated heterocycles. The van der Waals surface area contributed by atoms with Gasteiger partial charge in [0, 0.05) is 32.2 Å². The molecule has 5 heterocycles. The molecule has 4 aliphatic rings. The molecule has 2 N–H and O–H groups in total. The van der Waals surface area contributed by atoms with E-state index < -0.39 is 12.3 Å². The molecule has 3 aliphatic heterocycles. The van der Waals surface area contributed by atoms with Crippen molar-refractivity contribution in [2.45, 2.75) is 70.1 Å². The predicted octanol–water partition coefficient (Wildman–Crippen LogP) is 4.37. The molecule has 2 atom stereocenters. The van der Waals surface area contributed by atoms with Gasteiger partial charge in [0.2, 0.25) is 5.95 Å². The highest BCUT2D eigenvalue weighted by Gasteiger charge is 2.35. The average Bonchev–Trinajstić information content (AvgIpc) is 3.62. The van der Waals surface area contributed by atoms with Gasteiger partial charge in [-0.3, -0.25) is 5.32 Å². The molecule has 11 nitrogen and oxygen atoms in total. The van der Waals surface area contributed by atoms with E-state index in [0.29, 0.717) is 43.8 Å². The minimum absolute atomic E-state index is 0.0510. The van der Waals surface area contributed by atoms with Crippen molar-refractivity contribution in [3.8, 4) is 0 Å². The molecule has 7 rings (SSSR count). The van der Waals surface area contributed by atoms with Crippen LogP contribution in [0.2, 0.25) is 0 Å². The van der Waals surface area contributed by atoms with Gasteiger partial charge < -0.3 is 23.8 Å². The van der Waals surface area contributed by atoms with Crippen LogP contribution in [-0.4, -0.2) is 58.6 Å². The van der Waals surface area contributed by atoms with Crippen molar-refractivity contribution >= 4 is 23.2 Å². The number of rotatable bonds is 6. The Bertz CT molecular complexity index is 1370. The van der Waals surface area contributed by atoms with Gasteiger partial charge in [-0.05, 0) is 43.1 Å². The molecule has 0 spiro atoms. The van der Waals surface area contributed by atoms with E-state index >= 15 is 0 Å². The van der Waals surface area contributed by atoms with E-state index in [1.54, 1.807) is 0 Å². The van der Waals surface area contributed by atoms with E-state index in [4.69, 9.17) is 29.3 Å². The van der Waals surface area contributed by atoms with E-state index in [0.717, 1.165) is 49.0 Å². The number of aromatic nitrogens is 4. The lowest BCUT2D eigenvalue weighted by molar-refractivity contribution is 0.0845. The van der Waals surface area contributed by atoms with Crippen molar-refractivity contribution in [1.82, 2.24) is 30.3 Å². The molecule has 0 radical (unpaired) electrons. The fourth-order valence-electron chi connectivity index (χ4n) is 6.82. The number of morpholine rings is 1. The smallest absolute Gasteiger partial charge is 0.381 e. The summed E-state index contributed by atoms with van der Waals surface area (Å²) >= 11 is 0. The second-order valence-corrected chi connectivity index (χ2v) is 12.0. The van der Waals surface area contributed by atoms with E-state index in [9.17, 15) is 4.79 Å². The van der Waals surface area contributed by atoms with Gasteiger partial charge in [0.1, 0.15) is 5.52 Å². The Kier molecular flexibility index (Phi) is 7.49. The maximum Gasteiger partial charge on any atom is 0.427 e. The van der Waals surface area contributed by atoms with E-state index in [1.807, 2.05) is 6.07 Å². The zero-order valence-corrected chi connectivity index (χ0v) is 23.6. The van der Waals surface area contributed by atoms with Gasteiger partial charge in [-0.2, -0.15) is 4.98 Å². The first-order valence-electron chi connectivity index (χ1n) is 15.1. The molecule has 1 unspecified atom stereocenters. The van der Waals surface area contributed by atoms with E-state index in [-0.39, 0.29) is 12.0 Å². The monoisotopic (exact) mass is 561 g/mol. The number of amides is 1. The minimum atomic E-state index is -0.626. The van der Waals surface area contributed by atoms with Gasteiger partial charge in [-0.15, -0.1) is 5.48 Å². The van der Waals surface area contributed by atoms with Crippen LogP contribution in [0.1, 0.15) is 80.7 Å². The molecule has 2 aromatic heterocycles. The minimum Gasteiger partial charge on any atom is -0.381 e. The molecule has 218 valence electrons. The molecule has 3 aromatic rings.